The predicted molar refractivity (Wildman–Crippen MR) is 17.1 cm³/mol. The van der Waals surface area contributed by atoms with E-state index in [2.05, 4.69) is 32.8 Å². The molecule has 0 atom stereocenters. The van der Waals surface area contributed by atoms with Gasteiger partial charge >= 0.3 is 0 Å². The smallest absolute Gasteiger partial charge is 0.108 e. The van der Waals surface area contributed by atoms with E-state index in [4.69, 9.17) is 0 Å². The predicted octanol–water partition coefficient (Wildman–Crippen LogP) is 1.03. The largest absolute Gasteiger partial charge is 0.304 e. The first-order valence-corrected chi connectivity index (χ1v) is 1.27. The molecule has 0 bridgehead atoms. The van der Waals surface area contributed by atoms with Crippen molar-refractivity contribution < 1.29 is 13.9 Å². The topological polar surface area (TPSA) is 43.2 Å². The van der Waals surface area contributed by atoms with Gasteiger partial charge in [0.25, 0.3) is 0 Å². The highest BCUT2D eigenvalue weighted by molar-refractivity contribution is 7.75. The third-order valence-electron chi connectivity index (χ3n) is 0.101. The van der Waals surface area contributed by atoms with Crippen molar-refractivity contribution in [2.24, 2.45) is 10.6 Å². The van der Waals surface area contributed by atoms with Crippen molar-refractivity contribution in [2.75, 3.05) is 0 Å². The third-order valence-corrected chi connectivity index (χ3v) is 0.174. The molecule has 0 N–H and O–H groups in total. The standard InChI is InChI=1S/FHN2O2S/c1-4-2-3-5-6/h6H. The van der Waals surface area contributed by atoms with Crippen LogP contribution in [0.4, 0.5) is 4.53 Å². The minimum Gasteiger partial charge on any atom is -0.304 e. The van der Waals surface area contributed by atoms with Crippen LogP contribution in [0.3, 0.4) is 0 Å². The van der Waals surface area contributed by atoms with Gasteiger partial charge in [-0.3, -0.25) is 0 Å². The van der Waals surface area contributed by atoms with E-state index in [1.807, 2.05) is 0 Å². The molecular weight excluding hydrogens is 111 g/mol. The number of thiol groups is 1. The molecule has 0 aliphatic rings. The second-order valence-corrected chi connectivity index (χ2v) is 0.477. The number of hydrogen-bond acceptors (Lipinski definition) is 5. The van der Waals surface area contributed by atoms with Gasteiger partial charge in [0.05, 0.1) is 18.2 Å². The van der Waals surface area contributed by atoms with Crippen LogP contribution in [0.15, 0.2) is 10.6 Å². The van der Waals surface area contributed by atoms with Gasteiger partial charge in [0, 0.05) is 4.53 Å². The second kappa shape index (κ2) is 4.48. The molecule has 0 heterocycles. The van der Waals surface area contributed by atoms with Gasteiger partial charge in [-0.15, -0.1) is 0 Å². The van der Waals surface area contributed by atoms with E-state index in [0.29, 0.717) is 0 Å². The number of rotatable bonds is 2. The lowest BCUT2D eigenvalue weighted by molar-refractivity contribution is -0.149. The van der Waals surface area contributed by atoms with Gasteiger partial charge in [-0.05, 0) is 0 Å². The maximum absolute atomic E-state index is 10.3. The van der Waals surface area contributed by atoms with Gasteiger partial charge in [0.1, 0.15) is 5.28 Å². The molecule has 6 heavy (non-hydrogen) atoms. The highest BCUT2D eigenvalue weighted by atomic mass is 32.1. The van der Waals surface area contributed by atoms with E-state index < -0.39 is 0 Å². The van der Waals surface area contributed by atoms with E-state index in [-0.39, 0.29) is 0 Å². The fourth-order valence-corrected chi connectivity index (χ4v) is 0.0573. The van der Waals surface area contributed by atoms with Gasteiger partial charge in [-0.25, -0.2) is 0 Å². The molecule has 0 radical (unpaired) electrons. The van der Waals surface area contributed by atoms with Crippen LogP contribution < -0.4 is 0 Å². The molecule has 0 amide bonds. The van der Waals surface area contributed by atoms with Crippen molar-refractivity contribution in [1.82, 2.24) is 0 Å². The lowest BCUT2D eigenvalue weighted by Crippen LogP contribution is -1.54. The third kappa shape index (κ3) is 3.48. The molecule has 4 nitrogen and oxygen atoms in total. The first-order valence-electron chi connectivity index (χ1n) is 0.902. The van der Waals surface area contributed by atoms with Gasteiger partial charge in [0.2, 0.25) is 0 Å². The molecule has 0 rings (SSSR count). The lowest BCUT2D eigenvalue weighted by Gasteiger charge is -1.71. The zero-order chi connectivity index (χ0) is 4.83. The van der Waals surface area contributed by atoms with E-state index in [0.717, 1.165) is 0 Å². The van der Waals surface area contributed by atoms with Crippen molar-refractivity contribution in [3.05, 3.63) is 0 Å². The number of nitrogens with zero attached hydrogens (tertiary/aromatic N) is 2. The van der Waals surface area contributed by atoms with Gasteiger partial charge in [-0.2, -0.15) is 5.04 Å². The first-order chi connectivity index (χ1) is 2.91. The van der Waals surface area contributed by atoms with Crippen LogP contribution >= 0.6 is 12.9 Å². The van der Waals surface area contributed by atoms with E-state index in [9.17, 15) is 4.53 Å². The summed E-state index contributed by atoms with van der Waals surface area (Å²) in [5, 5.41) is 7.30. The molecule has 0 spiro atoms. The van der Waals surface area contributed by atoms with Crippen molar-refractivity contribution in [1.29, 1.82) is 0 Å². The summed E-state index contributed by atoms with van der Waals surface area (Å²) < 4.78 is 13.9. The fraction of sp³-hybridized carbons (Fsp3) is 0. The maximum atomic E-state index is 10.3. The van der Waals surface area contributed by atoms with E-state index in [1.165, 1.54) is 0 Å². The van der Waals surface area contributed by atoms with Crippen LogP contribution in [0.5, 0.6) is 0 Å². The number of hydrogen-bond donors (Lipinski definition) is 1. The van der Waals surface area contributed by atoms with Crippen LogP contribution in [0.25, 0.3) is 0 Å². The lowest BCUT2D eigenvalue weighted by atomic mass is 13.0. The SMILES string of the molecule is FON=NOS. The average Bonchev–Trinajstić information content (AvgIpc) is 1.61. The Kier molecular flexibility index (Phi) is 4.09. The van der Waals surface area contributed by atoms with Crippen LogP contribution in [0.1, 0.15) is 0 Å². The molecule has 0 fully saturated rings. The first kappa shape index (κ1) is 5.48. The maximum Gasteiger partial charge on any atom is 0.108 e. The van der Waals surface area contributed by atoms with Crippen molar-refractivity contribution in [3.8, 4) is 0 Å². The van der Waals surface area contributed by atoms with Crippen LogP contribution in [-0.2, 0) is 9.33 Å². The Morgan fingerprint density at radius 3 is 2.33 bits per heavy atom. The summed E-state index contributed by atoms with van der Waals surface area (Å²) in [6.45, 7) is 0. The minimum atomic E-state index is 2.25. The van der Waals surface area contributed by atoms with Crippen molar-refractivity contribution >= 4 is 12.9 Å². The molecule has 0 saturated heterocycles. The summed E-state index contributed by atoms with van der Waals surface area (Å²) in [5.74, 6) is 0. The number of halogens is 1. The monoisotopic (exact) mass is 112 g/mol. The molecule has 0 aromatic heterocycles. The van der Waals surface area contributed by atoms with E-state index in [1.54, 1.807) is 0 Å². The Morgan fingerprint density at radius 1 is 1.50 bits per heavy atom. The second-order valence-electron chi connectivity index (χ2n) is 0.314. The zero-order valence-corrected chi connectivity index (χ0v) is 3.43. The van der Waals surface area contributed by atoms with Crippen LogP contribution in [-0.4, -0.2) is 0 Å². The van der Waals surface area contributed by atoms with Crippen LogP contribution in [0, 0.1) is 0 Å². The van der Waals surface area contributed by atoms with E-state index >= 15 is 0 Å². The van der Waals surface area contributed by atoms with Gasteiger partial charge < -0.3 is 4.28 Å². The molecule has 0 saturated carbocycles. The Labute approximate surface area is 38.4 Å². The zero-order valence-electron chi connectivity index (χ0n) is 2.54. The highest BCUT2D eigenvalue weighted by Crippen LogP contribution is 1.82. The molecule has 0 aliphatic heterocycles. The van der Waals surface area contributed by atoms with Crippen molar-refractivity contribution in [2.45, 2.75) is 0 Å². The van der Waals surface area contributed by atoms with Crippen molar-refractivity contribution in [3.63, 3.8) is 0 Å². The molecule has 0 aromatic rings. The Balaban J connectivity index is 2.73. The normalized spacial score (nSPS) is 9.00. The Hall–Kier alpha value is -0.520. The van der Waals surface area contributed by atoms with Gasteiger partial charge in [-0.1, -0.05) is 0 Å². The molecule has 6 heteroatoms. The molecule has 0 unspecified atom stereocenters. The highest BCUT2D eigenvalue weighted by Gasteiger charge is 1.63. The quantitative estimate of drug-likeness (QED) is 0.251. The molecule has 36 valence electrons. The fourth-order valence-electron chi connectivity index (χ4n) is 0.0275. The van der Waals surface area contributed by atoms with Gasteiger partial charge in [0.15, 0.2) is 0 Å². The Morgan fingerprint density at radius 2 is 2.17 bits per heavy atom. The summed E-state index contributed by atoms with van der Waals surface area (Å²) in [5.41, 5.74) is 0. The Bertz CT molecular complexity index is 40.8. The summed E-state index contributed by atoms with van der Waals surface area (Å²) in [7, 11) is 0. The van der Waals surface area contributed by atoms with Crippen LogP contribution in [0.2, 0.25) is 0 Å². The summed E-state index contributed by atoms with van der Waals surface area (Å²) >= 11 is 3.05. The summed E-state index contributed by atoms with van der Waals surface area (Å²) in [4.78, 5) is 0. The molecule has 0 aromatic carbocycles. The average molecular weight is 112 g/mol. The summed E-state index contributed by atoms with van der Waals surface area (Å²) in [6.07, 6.45) is 0. The molecular formula is HFN2O2S. The minimum absolute atomic E-state index is 2.25. The summed E-state index contributed by atoms with van der Waals surface area (Å²) in [6, 6.07) is 0. The molecule has 0 aliphatic carbocycles.